The van der Waals surface area contributed by atoms with Crippen LogP contribution in [0.15, 0.2) is 23.3 Å². The van der Waals surface area contributed by atoms with Gasteiger partial charge in [-0.2, -0.15) is 0 Å². The van der Waals surface area contributed by atoms with Gasteiger partial charge in [0.05, 0.1) is 6.35 Å². The normalized spacial score (nSPS) is 15.0. The molecule has 0 amide bonds. The number of rotatable bonds is 14. The Hall–Kier alpha value is -0.180. The van der Waals surface area contributed by atoms with Gasteiger partial charge in [0.15, 0.2) is 0 Å². The highest BCUT2D eigenvalue weighted by Gasteiger charge is 2.32. The Morgan fingerprint density at radius 2 is 1.60 bits per heavy atom. The van der Waals surface area contributed by atoms with Crippen molar-refractivity contribution in [3.63, 3.8) is 0 Å². The number of allylic oxidation sites excluding steroid dienone is 4. The molecule has 2 unspecified atom stereocenters. The van der Waals surface area contributed by atoms with Crippen LogP contribution in [0, 0.1) is 0 Å². The summed E-state index contributed by atoms with van der Waals surface area (Å²) in [6.45, 7) is 6.40. The minimum atomic E-state index is -4.38. The largest absolute Gasteiger partial charge is 0.389 e. The van der Waals surface area contributed by atoms with E-state index in [4.69, 9.17) is 5.11 Å². The highest BCUT2D eigenvalue weighted by molar-refractivity contribution is 7.67. The van der Waals surface area contributed by atoms with Crippen molar-refractivity contribution in [2.45, 2.75) is 84.0 Å². The van der Waals surface area contributed by atoms with Gasteiger partial charge in [-0.15, -0.1) is 0 Å². The fraction of sp³-hybridized carbons (Fsp3) is 0.778. The van der Waals surface area contributed by atoms with Gasteiger partial charge in [0.1, 0.15) is 13.2 Å². The summed E-state index contributed by atoms with van der Waals surface area (Å²) in [6.07, 6.45) is 12.2. The van der Waals surface area contributed by atoms with Crippen LogP contribution in [-0.4, -0.2) is 26.6 Å². The van der Waals surface area contributed by atoms with E-state index in [-0.39, 0.29) is 6.42 Å². The summed E-state index contributed by atoms with van der Waals surface area (Å²) in [4.78, 5) is 18.4. The topological polar surface area (TPSA) is 94.8 Å². The highest BCUT2D eigenvalue weighted by Crippen LogP contribution is 2.55. The van der Waals surface area contributed by atoms with Crippen molar-refractivity contribution >= 4 is 15.4 Å². The summed E-state index contributed by atoms with van der Waals surface area (Å²) < 4.78 is 22.9. The minimum absolute atomic E-state index is 0.228. The zero-order valence-corrected chi connectivity index (χ0v) is 17.8. The molecule has 0 bridgehead atoms. The Bertz CT molecular complexity index is 490. The molecule has 0 saturated heterocycles. The minimum Gasteiger partial charge on any atom is -0.389 e. The molecule has 0 aromatic rings. The molecule has 0 spiro atoms. The van der Waals surface area contributed by atoms with Crippen LogP contribution in [0.4, 0.5) is 0 Å². The molecule has 7 heteroatoms. The number of hydrogen-bond donors (Lipinski definition) is 3. The second-order valence-corrected chi connectivity index (χ2v) is 11.2. The van der Waals surface area contributed by atoms with Crippen molar-refractivity contribution in [1.29, 1.82) is 0 Å². The van der Waals surface area contributed by atoms with Gasteiger partial charge < -0.3 is 19.5 Å². The third-order valence-electron chi connectivity index (χ3n) is 4.20. The number of unbranched alkanes of at least 4 members (excludes halogenated alkanes) is 5. The lowest BCUT2D eigenvalue weighted by molar-refractivity contribution is 0.349. The standard InChI is InChI=1S/C18H36O5P2/c1-16(2)11-10-13-17(3)12-8-6-4-5-7-9-14-18(24(20)15-19)25(21,22)23/h11-12,18-19,24H,4-10,13-15H2,1-3H3,(H2,21,22,23). The first-order valence-corrected chi connectivity index (χ1v) is 12.5. The molecule has 5 nitrogen and oxygen atoms in total. The van der Waals surface area contributed by atoms with E-state index in [1.54, 1.807) is 0 Å². The quantitative estimate of drug-likeness (QED) is 0.208. The van der Waals surface area contributed by atoms with Crippen LogP contribution in [0.5, 0.6) is 0 Å². The number of aliphatic hydroxyl groups excluding tert-OH is 1. The smallest absolute Gasteiger partial charge is 0.335 e. The van der Waals surface area contributed by atoms with Crippen LogP contribution < -0.4 is 0 Å². The van der Waals surface area contributed by atoms with E-state index in [1.807, 2.05) is 0 Å². The van der Waals surface area contributed by atoms with E-state index in [0.29, 0.717) is 6.42 Å². The SMILES string of the molecule is CC(C)=CCCC(C)=CCCCCCCCC([PH](=O)CO)P(=O)(O)O. The van der Waals surface area contributed by atoms with E-state index < -0.39 is 27.1 Å². The second-order valence-electron chi connectivity index (χ2n) is 6.95. The Kier molecular flexibility index (Phi) is 13.8. The summed E-state index contributed by atoms with van der Waals surface area (Å²) in [7, 11) is -7.00. The second kappa shape index (κ2) is 13.9. The van der Waals surface area contributed by atoms with Crippen molar-refractivity contribution < 1.29 is 24.0 Å². The fourth-order valence-electron chi connectivity index (χ4n) is 2.67. The van der Waals surface area contributed by atoms with Crippen molar-refractivity contribution in [1.82, 2.24) is 0 Å². The first-order valence-electron chi connectivity index (χ1n) is 9.16. The molecule has 0 radical (unpaired) electrons. The van der Waals surface area contributed by atoms with Crippen molar-refractivity contribution in [2.24, 2.45) is 0 Å². The molecular weight excluding hydrogens is 358 g/mol. The van der Waals surface area contributed by atoms with E-state index in [2.05, 4.69) is 32.9 Å². The molecule has 0 saturated carbocycles. The molecule has 0 aliphatic carbocycles. The molecule has 0 aromatic carbocycles. The Morgan fingerprint density at radius 3 is 2.16 bits per heavy atom. The molecular formula is C18H36O5P2. The third kappa shape index (κ3) is 13.7. The van der Waals surface area contributed by atoms with Gasteiger partial charge in [-0.05, 0) is 52.9 Å². The average molecular weight is 394 g/mol. The van der Waals surface area contributed by atoms with E-state index >= 15 is 0 Å². The molecule has 25 heavy (non-hydrogen) atoms. The van der Waals surface area contributed by atoms with Gasteiger partial charge in [-0.25, -0.2) is 0 Å². The summed E-state index contributed by atoms with van der Waals surface area (Å²) in [5.41, 5.74) is 2.79. The molecule has 2 atom stereocenters. The molecule has 148 valence electrons. The van der Waals surface area contributed by atoms with Crippen LogP contribution in [0.25, 0.3) is 0 Å². The van der Waals surface area contributed by atoms with Gasteiger partial charge in [-0.3, -0.25) is 4.57 Å². The summed E-state index contributed by atoms with van der Waals surface area (Å²) in [5, 5.41) is 7.72. The molecule has 0 fully saturated rings. The first-order chi connectivity index (χ1) is 11.7. The predicted molar refractivity (Wildman–Crippen MR) is 107 cm³/mol. The monoisotopic (exact) mass is 394 g/mol. The van der Waals surface area contributed by atoms with E-state index in [1.165, 1.54) is 11.1 Å². The number of hydrogen-bond acceptors (Lipinski definition) is 3. The molecule has 0 aromatic heterocycles. The summed E-state index contributed by atoms with van der Waals surface area (Å²) in [5.74, 6) is 0. The van der Waals surface area contributed by atoms with Gasteiger partial charge >= 0.3 is 7.60 Å². The van der Waals surface area contributed by atoms with E-state index in [0.717, 1.165) is 44.9 Å². The van der Waals surface area contributed by atoms with E-state index in [9.17, 15) is 18.9 Å². The van der Waals surface area contributed by atoms with Gasteiger partial charge in [-0.1, -0.05) is 49.0 Å². The fourth-order valence-corrected chi connectivity index (χ4v) is 5.67. The lowest BCUT2D eigenvalue weighted by Gasteiger charge is -2.16. The summed E-state index contributed by atoms with van der Waals surface area (Å²) >= 11 is 0. The van der Waals surface area contributed by atoms with Crippen LogP contribution in [0.3, 0.4) is 0 Å². The zero-order valence-electron chi connectivity index (χ0n) is 15.9. The average Bonchev–Trinajstić information content (AvgIpc) is 2.51. The van der Waals surface area contributed by atoms with Crippen molar-refractivity contribution in [3.05, 3.63) is 23.3 Å². The maximum absolute atomic E-state index is 11.6. The molecule has 0 heterocycles. The molecule has 0 rings (SSSR count). The van der Waals surface area contributed by atoms with Gasteiger partial charge in [0, 0.05) is 0 Å². The maximum atomic E-state index is 11.6. The molecule has 3 N–H and O–H groups in total. The van der Waals surface area contributed by atoms with Gasteiger partial charge in [0.2, 0.25) is 0 Å². The maximum Gasteiger partial charge on any atom is 0.335 e. The van der Waals surface area contributed by atoms with Crippen LogP contribution in [0.1, 0.15) is 78.6 Å². The Morgan fingerprint density at radius 1 is 1.00 bits per heavy atom. The lowest BCUT2D eigenvalue weighted by Crippen LogP contribution is -2.05. The lowest BCUT2D eigenvalue weighted by atomic mass is 10.1. The van der Waals surface area contributed by atoms with Crippen LogP contribution >= 0.6 is 15.4 Å². The molecule has 0 aliphatic rings. The highest BCUT2D eigenvalue weighted by atomic mass is 31.2. The third-order valence-corrected chi connectivity index (χ3v) is 8.49. The Balaban J connectivity index is 3.84. The van der Waals surface area contributed by atoms with Gasteiger partial charge in [0.25, 0.3) is 0 Å². The first kappa shape index (κ1) is 24.8. The zero-order chi connectivity index (χ0) is 19.3. The number of aliphatic hydroxyl groups is 1. The molecule has 0 aliphatic heterocycles. The Labute approximate surface area is 153 Å². The van der Waals surface area contributed by atoms with Crippen LogP contribution in [0.2, 0.25) is 0 Å². The predicted octanol–water partition coefficient (Wildman–Crippen LogP) is 5.42. The van der Waals surface area contributed by atoms with Crippen molar-refractivity contribution in [3.8, 4) is 0 Å². The van der Waals surface area contributed by atoms with Crippen LogP contribution in [-0.2, 0) is 9.13 Å². The summed E-state index contributed by atoms with van der Waals surface area (Å²) in [6, 6.07) is 0. The van der Waals surface area contributed by atoms with Crippen molar-refractivity contribution in [2.75, 3.05) is 6.35 Å².